The molecule has 1 heterocycles. The number of esters is 1. The molecule has 0 saturated carbocycles. The Hall–Kier alpha value is -3.32. The summed E-state index contributed by atoms with van der Waals surface area (Å²) in [6, 6.07) is 12.8. The minimum atomic E-state index is -0.947. The highest BCUT2D eigenvalue weighted by Crippen LogP contribution is 2.27. The Kier molecular flexibility index (Phi) is 5.42. The molecule has 1 amide bonds. The first-order chi connectivity index (χ1) is 13.0. The topological polar surface area (TPSA) is 94.8 Å². The van der Waals surface area contributed by atoms with Crippen molar-refractivity contribution in [1.82, 2.24) is 0 Å². The van der Waals surface area contributed by atoms with Crippen LogP contribution in [0.5, 0.6) is 5.75 Å². The van der Waals surface area contributed by atoms with Crippen LogP contribution in [0.25, 0.3) is 11.0 Å². The van der Waals surface area contributed by atoms with Crippen molar-refractivity contribution in [2.75, 3.05) is 19.0 Å². The highest BCUT2D eigenvalue weighted by atomic mass is 35.5. The van der Waals surface area contributed by atoms with Crippen LogP contribution in [0.3, 0.4) is 0 Å². The van der Waals surface area contributed by atoms with Crippen molar-refractivity contribution < 1.29 is 23.5 Å². The molecule has 0 fully saturated rings. The van der Waals surface area contributed by atoms with Crippen molar-refractivity contribution in [2.45, 2.75) is 0 Å². The number of rotatable bonds is 5. The Balaban J connectivity index is 1.65. The molecule has 0 atom stereocenters. The first-order valence-corrected chi connectivity index (χ1v) is 8.19. The average molecular weight is 388 g/mol. The maximum absolute atomic E-state index is 12.1. The van der Waals surface area contributed by atoms with Crippen molar-refractivity contribution in [3.8, 4) is 5.75 Å². The Labute approximate surface area is 158 Å². The second-order valence-electron chi connectivity index (χ2n) is 5.46. The van der Waals surface area contributed by atoms with Gasteiger partial charge in [-0.1, -0.05) is 29.8 Å². The lowest BCUT2D eigenvalue weighted by Gasteiger charge is -2.08. The second-order valence-corrected chi connectivity index (χ2v) is 5.87. The third-order valence-electron chi connectivity index (χ3n) is 3.63. The summed E-state index contributed by atoms with van der Waals surface area (Å²) < 4.78 is 15.0. The van der Waals surface area contributed by atoms with Crippen molar-refractivity contribution in [3.63, 3.8) is 0 Å². The third kappa shape index (κ3) is 4.27. The van der Waals surface area contributed by atoms with E-state index in [0.717, 1.165) is 0 Å². The van der Waals surface area contributed by atoms with Gasteiger partial charge in [0, 0.05) is 11.1 Å². The van der Waals surface area contributed by atoms with Crippen molar-refractivity contribution in [1.29, 1.82) is 0 Å². The third-order valence-corrected chi connectivity index (χ3v) is 3.93. The number of hydrogen-bond acceptors (Lipinski definition) is 6. The lowest BCUT2D eigenvalue weighted by Crippen LogP contribution is -2.23. The maximum Gasteiger partial charge on any atom is 0.351 e. The summed E-state index contributed by atoms with van der Waals surface area (Å²) in [5.41, 5.74) is -0.352. The van der Waals surface area contributed by atoms with Crippen molar-refractivity contribution >= 4 is 40.1 Å². The number of ether oxygens (including phenoxy) is 2. The molecular weight excluding hydrogens is 374 g/mol. The molecule has 0 spiro atoms. The smallest absolute Gasteiger partial charge is 0.351 e. The van der Waals surface area contributed by atoms with E-state index < -0.39 is 24.1 Å². The van der Waals surface area contributed by atoms with Gasteiger partial charge in [-0.2, -0.15) is 0 Å². The standard InChI is InChI=1S/C19H14ClNO6/c1-25-16-7-6-12(9-14(16)20)21-17(22)10-26-18(23)13-8-11-4-2-3-5-15(11)27-19(13)24/h2-9H,10H2,1H3,(H,21,22). The molecule has 3 rings (SSSR count). The Morgan fingerprint density at radius 3 is 2.67 bits per heavy atom. The molecule has 0 radical (unpaired) electrons. The van der Waals surface area contributed by atoms with Gasteiger partial charge in [-0.05, 0) is 30.3 Å². The minimum absolute atomic E-state index is 0.283. The summed E-state index contributed by atoms with van der Waals surface area (Å²) in [6.07, 6.45) is 0. The summed E-state index contributed by atoms with van der Waals surface area (Å²) in [7, 11) is 1.47. The second kappa shape index (κ2) is 7.92. The fourth-order valence-corrected chi connectivity index (χ4v) is 2.61. The van der Waals surface area contributed by atoms with E-state index >= 15 is 0 Å². The maximum atomic E-state index is 12.1. The van der Waals surface area contributed by atoms with E-state index in [1.165, 1.54) is 19.2 Å². The van der Waals surface area contributed by atoms with E-state index in [4.69, 9.17) is 25.5 Å². The van der Waals surface area contributed by atoms with Crippen LogP contribution < -0.4 is 15.7 Å². The molecule has 0 aliphatic carbocycles. The predicted octanol–water partition coefficient (Wildman–Crippen LogP) is 3.25. The Bertz CT molecular complexity index is 1080. The number of amides is 1. The van der Waals surface area contributed by atoms with Crippen LogP contribution in [0, 0.1) is 0 Å². The zero-order valence-electron chi connectivity index (χ0n) is 14.2. The number of benzene rings is 2. The summed E-state index contributed by atoms with van der Waals surface area (Å²) in [4.78, 5) is 36.0. The van der Waals surface area contributed by atoms with Gasteiger partial charge in [0.15, 0.2) is 6.61 Å². The zero-order valence-corrected chi connectivity index (χ0v) is 14.9. The summed E-state index contributed by atoms with van der Waals surface area (Å²) >= 11 is 5.98. The van der Waals surface area contributed by atoms with Gasteiger partial charge in [0.05, 0.1) is 12.1 Å². The van der Waals surface area contributed by atoms with Gasteiger partial charge in [-0.15, -0.1) is 0 Å². The van der Waals surface area contributed by atoms with Gasteiger partial charge in [-0.3, -0.25) is 4.79 Å². The number of nitrogens with one attached hydrogen (secondary N) is 1. The number of para-hydroxylation sites is 1. The van der Waals surface area contributed by atoms with Crippen LogP contribution in [0.2, 0.25) is 5.02 Å². The number of anilines is 1. The summed E-state index contributed by atoms with van der Waals surface area (Å²) in [5, 5.41) is 3.42. The van der Waals surface area contributed by atoms with E-state index in [1.807, 2.05) is 0 Å². The lowest BCUT2D eigenvalue weighted by molar-refractivity contribution is -0.119. The normalized spacial score (nSPS) is 10.4. The molecule has 0 saturated heterocycles. The number of carbonyl (C=O) groups excluding carboxylic acids is 2. The highest BCUT2D eigenvalue weighted by molar-refractivity contribution is 6.32. The zero-order chi connectivity index (χ0) is 19.4. The molecule has 0 bridgehead atoms. The summed E-state index contributed by atoms with van der Waals surface area (Å²) in [5.74, 6) is -1.07. The first kappa shape index (κ1) is 18.5. The van der Waals surface area contributed by atoms with Gasteiger partial charge in [0.2, 0.25) is 0 Å². The van der Waals surface area contributed by atoms with E-state index in [0.29, 0.717) is 27.4 Å². The van der Waals surface area contributed by atoms with Crippen LogP contribution in [0.4, 0.5) is 5.69 Å². The molecule has 0 aliphatic rings. The molecular formula is C19H14ClNO6. The SMILES string of the molecule is COc1ccc(NC(=O)COC(=O)c2cc3ccccc3oc2=O)cc1Cl. The highest BCUT2D eigenvalue weighted by Gasteiger charge is 2.17. The van der Waals surface area contributed by atoms with E-state index in [-0.39, 0.29) is 5.56 Å². The molecule has 7 nitrogen and oxygen atoms in total. The lowest BCUT2D eigenvalue weighted by atomic mass is 10.2. The monoisotopic (exact) mass is 387 g/mol. The number of halogens is 1. The van der Waals surface area contributed by atoms with Crippen LogP contribution >= 0.6 is 11.6 Å². The molecule has 1 N–H and O–H groups in total. The Morgan fingerprint density at radius 1 is 1.15 bits per heavy atom. The molecule has 27 heavy (non-hydrogen) atoms. The minimum Gasteiger partial charge on any atom is -0.495 e. The fraction of sp³-hybridized carbons (Fsp3) is 0.105. The quantitative estimate of drug-likeness (QED) is 0.533. The van der Waals surface area contributed by atoms with Gasteiger partial charge in [-0.25, -0.2) is 9.59 Å². The van der Waals surface area contributed by atoms with E-state index in [1.54, 1.807) is 36.4 Å². The molecule has 1 aromatic heterocycles. The van der Waals surface area contributed by atoms with E-state index in [2.05, 4.69) is 5.32 Å². The molecule has 3 aromatic rings. The van der Waals surface area contributed by atoms with E-state index in [9.17, 15) is 14.4 Å². The van der Waals surface area contributed by atoms with Gasteiger partial charge < -0.3 is 19.2 Å². The molecule has 0 aliphatic heterocycles. The molecule has 2 aromatic carbocycles. The van der Waals surface area contributed by atoms with Crippen molar-refractivity contribution in [2.24, 2.45) is 0 Å². The van der Waals surface area contributed by atoms with Crippen LogP contribution in [-0.2, 0) is 9.53 Å². The van der Waals surface area contributed by atoms with Crippen LogP contribution in [-0.4, -0.2) is 25.6 Å². The average Bonchev–Trinajstić information content (AvgIpc) is 2.65. The fourth-order valence-electron chi connectivity index (χ4n) is 2.35. The van der Waals surface area contributed by atoms with Crippen molar-refractivity contribution in [3.05, 3.63) is 69.5 Å². The number of hydrogen-bond donors (Lipinski definition) is 1. The molecule has 0 unspecified atom stereocenters. The van der Waals surface area contributed by atoms with Crippen LogP contribution in [0.1, 0.15) is 10.4 Å². The predicted molar refractivity (Wildman–Crippen MR) is 99.4 cm³/mol. The van der Waals surface area contributed by atoms with Crippen LogP contribution in [0.15, 0.2) is 57.7 Å². The van der Waals surface area contributed by atoms with Gasteiger partial charge in [0.25, 0.3) is 5.91 Å². The first-order valence-electron chi connectivity index (χ1n) is 7.81. The Morgan fingerprint density at radius 2 is 1.93 bits per heavy atom. The number of carbonyl (C=O) groups is 2. The largest absolute Gasteiger partial charge is 0.495 e. The van der Waals surface area contributed by atoms with Gasteiger partial charge in [0.1, 0.15) is 16.9 Å². The number of methoxy groups -OCH3 is 1. The van der Waals surface area contributed by atoms with Gasteiger partial charge >= 0.3 is 11.6 Å². The number of fused-ring (bicyclic) bond motifs is 1. The molecule has 138 valence electrons. The molecule has 8 heteroatoms. The summed E-state index contributed by atoms with van der Waals surface area (Å²) in [6.45, 7) is -0.575.